The van der Waals surface area contributed by atoms with Gasteiger partial charge in [-0.3, -0.25) is 0 Å². The summed E-state index contributed by atoms with van der Waals surface area (Å²) in [5.41, 5.74) is 12.3. The summed E-state index contributed by atoms with van der Waals surface area (Å²) in [7, 11) is 0. The van der Waals surface area contributed by atoms with Gasteiger partial charge in [0.05, 0.1) is 0 Å². The van der Waals surface area contributed by atoms with Crippen LogP contribution in [0.15, 0.2) is 206 Å². The molecule has 4 aliphatic rings. The second-order valence-corrected chi connectivity index (χ2v) is 32.8. The van der Waals surface area contributed by atoms with Crippen molar-refractivity contribution in [3.05, 3.63) is 232 Å². The predicted molar refractivity (Wildman–Crippen MR) is 328 cm³/mol. The number of nitrogens with zero attached hydrogens (tertiary/aromatic N) is 4. The Hall–Kier alpha value is -8.20. The van der Waals surface area contributed by atoms with Gasteiger partial charge in [0.15, 0.2) is 0 Å². The van der Waals surface area contributed by atoms with Gasteiger partial charge < -0.3 is 0 Å². The van der Waals surface area contributed by atoms with Gasteiger partial charge in [-0.25, -0.2) is 0 Å². The van der Waals surface area contributed by atoms with Crippen molar-refractivity contribution < 1.29 is 15.5 Å². The maximum absolute atomic E-state index is 8.18. The van der Waals surface area contributed by atoms with Gasteiger partial charge in [0, 0.05) is 0 Å². The fraction of sp³-hybridized carbons (Fsp3) is 0.0149. The van der Waals surface area contributed by atoms with Gasteiger partial charge >= 0.3 is 482 Å². The van der Waals surface area contributed by atoms with Crippen molar-refractivity contribution in [1.29, 1.82) is 0 Å². The van der Waals surface area contributed by atoms with E-state index >= 15 is 0 Å². The van der Waals surface area contributed by atoms with Gasteiger partial charge in [-0.1, -0.05) is 0 Å². The van der Waals surface area contributed by atoms with Crippen LogP contribution in [-0.2, 0) is 0 Å². The monoisotopic (exact) mass is 1220 g/mol. The molecule has 0 atom stereocenters. The van der Waals surface area contributed by atoms with Crippen LogP contribution in [0.5, 0.6) is 34.5 Å². The molecule has 0 amide bonds. The zero-order valence-corrected chi connectivity index (χ0v) is 47.6. The molecule has 4 aliphatic heterocycles. The van der Waals surface area contributed by atoms with Gasteiger partial charge in [0.1, 0.15) is 0 Å². The van der Waals surface area contributed by atoms with Gasteiger partial charge in [-0.2, -0.15) is 0 Å². The van der Waals surface area contributed by atoms with Gasteiger partial charge in [0.25, 0.3) is 0 Å². The molecule has 80 heavy (non-hydrogen) atoms. The van der Waals surface area contributed by atoms with E-state index in [-0.39, 0.29) is 31.6 Å². The molecule has 14 aromatic rings. The first-order valence-corrected chi connectivity index (χ1v) is 33.6. The molecule has 11 aromatic carbocycles. The zero-order chi connectivity index (χ0) is 53.1. The standard InChI is InChI=1S/C61H37N4O2.C6H2Cl4O2.Sb/c1-39-26-28-40(29-27-39)62-41-30-43(63-56-20-8-2-14-50(56)51-15-3-9-21-57(51)63)34-46(32-41)66-48-36-45(65-60-24-12-6-18-54(60)55-19-7-13-25-61(55)65)37-49(38-48)67-47-33-42(62)31-44(35-47)64-58-22-10-4-16-52(58)53-17-5-11-23-59(53)64;7-1-2(8)4(10)6(12)5(11)3(1)9;/h2-31,34-37H,1H3;11-12H;/q;;+2/p-2. The van der Waals surface area contributed by atoms with Crippen LogP contribution < -0.4 is 30.9 Å². The number of rotatable bonds is 4. The van der Waals surface area contributed by atoms with E-state index in [9.17, 15) is 0 Å². The molecule has 7 heterocycles. The Bertz CT molecular complexity index is 4800. The van der Waals surface area contributed by atoms with E-state index in [4.69, 9.17) is 61.9 Å². The van der Waals surface area contributed by atoms with Crippen molar-refractivity contribution in [3.8, 4) is 51.6 Å². The van der Waals surface area contributed by atoms with Crippen molar-refractivity contribution in [3.63, 3.8) is 0 Å². The van der Waals surface area contributed by atoms with E-state index in [1.165, 1.54) is 0 Å². The molecule has 382 valence electrons. The van der Waals surface area contributed by atoms with Gasteiger partial charge in [0.2, 0.25) is 0 Å². The molecule has 0 aliphatic carbocycles. The molecule has 0 saturated heterocycles. The topological polar surface area (TPSA) is 55.0 Å². The first kappa shape index (κ1) is 45.6. The number of hydrogen-bond acceptors (Lipinski definition) is 5. The number of aromatic nitrogens is 3. The van der Waals surface area contributed by atoms with Crippen LogP contribution in [0.25, 0.3) is 82.5 Å². The summed E-state index contributed by atoms with van der Waals surface area (Å²) >= 11 is 22.5. The van der Waals surface area contributed by atoms with E-state index in [0.29, 0.717) is 26.5 Å². The third kappa shape index (κ3) is 5.56. The molecule has 18 rings (SSSR count). The summed E-state index contributed by atoms with van der Waals surface area (Å²) < 4.78 is 40.8. The molecular weight excluding hydrogens is 1190 g/mol. The minimum atomic E-state index is -6.56. The predicted octanol–water partition coefficient (Wildman–Crippen LogP) is 17.8. The quantitative estimate of drug-likeness (QED) is 0.0998. The zero-order valence-electron chi connectivity index (χ0n) is 42.0. The number of aryl methyl sites for hydroxylation is 1. The molecule has 0 N–H and O–H groups in total. The number of para-hydroxylation sites is 6. The first-order chi connectivity index (χ1) is 39.2. The number of benzene rings is 11. The number of fused-ring (bicyclic) bond motifs is 10. The number of anilines is 3. The molecule has 1 spiro atoms. The summed E-state index contributed by atoms with van der Waals surface area (Å²) in [4.78, 5) is 2.32. The Balaban J connectivity index is 1.05. The van der Waals surface area contributed by atoms with Crippen LogP contribution >= 0.6 is 46.4 Å². The Kier molecular flexibility index (Phi) is 9.01. The van der Waals surface area contributed by atoms with Crippen molar-refractivity contribution in [2.45, 2.75) is 6.92 Å². The Morgan fingerprint density at radius 2 is 0.625 bits per heavy atom. The number of hydrogen-bond donors (Lipinski definition) is 0. The summed E-state index contributed by atoms with van der Waals surface area (Å²) in [6.45, 7) is 2.10. The van der Waals surface area contributed by atoms with Crippen LogP contribution in [0.4, 0.5) is 17.1 Å². The minimum absolute atomic E-state index is 0.0583. The van der Waals surface area contributed by atoms with Crippen molar-refractivity contribution in [1.82, 2.24) is 13.7 Å². The van der Waals surface area contributed by atoms with Crippen molar-refractivity contribution in [2.24, 2.45) is 0 Å². The second kappa shape index (κ2) is 15.8. The molecule has 3 aromatic heterocycles. The van der Waals surface area contributed by atoms with Crippen LogP contribution in [0.2, 0.25) is 20.1 Å². The molecule has 13 heteroatoms. The average Bonchev–Trinajstić information content (AvgIpc) is 2.96. The molecule has 0 fully saturated rings. The second-order valence-electron chi connectivity index (χ2n) is 21.0. The Morgan fingerprint density at radius 3 is 0.963 bits per heavy atom. The molecular formula is C67H37Cl4N4O4Sb. The maximum atomic E-state index is 8.18. The number of ether oxygens (including phenoxy) is 2. The summed E-state index contributed by atoms with van der Waals surface area (Å²) in [6, 6.07) is 72.7. The van der Waals surface area contributed by atoms with Crippen LogP contribution in [-0.4, -0.2) is 31.9 Å². The Morgan fingerprint density at radius 1 is 0.325 bits per heavy atom. The third-order valence-electron chi connectivity index (χ3n) is 16.8. The molecule has 0 radical (unpaired) electrons. The van der Waals surface area contributed by atoms with Crippen molar-refractivity contribution >= 4 is 158 Å². The fourth-order valence-corrected chi connectivity index (χ4v) is 30.6. The molecule has 0 unspecified atom stereocenters. The van der Waals surface area contributed by atoms with E-state index in [1.807, 2.05) is 0 Å². The van der Waals surface area contributed by atoms with E-state index in [0.717, 1.165) is 112 Å². The summed E-state index contributed by atoms with van der Waals surface area (Å²) in [5.74, 6) is 2.49. The SMILES string of the molecule is Cc1ccc(N2c3cc(-n4c5ccccc5c5ccccc54)cc4[c]3[Sb]35([O]c6c(Cl)c(Cl)c(Cl)c(Cl)c6[O]3)[c]3c(cc(-n6c7ccccc7c7ccccc76)cc3Oc3cc(-n6c7ccccc7c7ccccc76)cc2[c]35)O4)cc1. The van der Waals surface area contributed by atoms with Crippen LogP contribution in [0.3, 0.4) is 0 Å². The fourth-order valence-electron chi connectivity index (χ4n) is 13.7. The number of halogens is 4. The average molecular weight is 1230 g/mol. The van der Waals surface area contributed by atoms with Crippen molar-refractivity contribution in [2.75, 3.05) is 4.90 Å². The Labute approximate surface area is 478 Å². The summed E-state index contributed by atoms with van der Waals surface area (Å²) in [6.07, 6.45) is 0. The normalized spacial score (nSPS) is 15.2. The van der Waals surface area contributed by atoms with E-state index < -0.39 is 18.2 Å². The van der Waals surface area contributed by atoms with Gasteiger partial charge in [-0.05, 0) is 0 Å². The molecule has 0 saturated carbocycles. The first-order valence-electron chi connectivity index (χ1n) is 26.2. The molecule has 0 bridgehead atoms. The third-order valence-corrected chi connectivity index (χ3v) is 32.3. The molecule has 8 nitrogen and oxygen atoms in total. The van der Waals surface area contributed by atoms with Gasteiger partial charge in [-0.15, -0.1) is 0 Å². The summed E-state index contributed by atoms with van der Waals surface area (Å²) in [5, 5.41) is 7.00. The van der Waals surface area contributed by atoms with Crippen LogP contribution in [0.1, 0.15) is 5.56 Å². The van der Waals surface area contributed by atoms with Crippen LogP contribution in [0, 0.1) is 6.92 Å². The van der Waals surface area contributed by atoms with E-state index in [1.54, 1.807) is 0 Å². The van der Waals surface area contributed by atoms with E-state index in [2.05, 4.69) is 232 Å².